The van der Waals surface area contributed by atoms with Crippen molar-refractivity contribution in [1.29, 1.82) is 0 Å². The minimum absolute atomic E-state index is 0.0246. The molecule has 0 bridgehead atoms. The van der Waals surface area contributed by atoms with E-state index in [1.807, 2.05) is 0 Å². The molecule has 2 rings (SSSR count). The van der Waals surface area contributed by atoms with Crippen LogP contribution in [0.25, 0.3) is 0 Å². The van der Waals surface area contributed by atoms with Gasteiger partial charge in [0.15, 0.2) is 0 Å². The van der Waals surface area contributed by atoms with Crippen molar-refractivity contribution in [1.82, 2.24) is 5.43 Å². The molecule has 0 aromatic heterocycles. The third kappa shape index (κ3) is 4.60. The van der Waals surface area contributed by atoms with Crippen molar-refractivity contribution >= 4 is 17.8 Å². The van der Waals surface area contributed by atoms with Gasteiger partial charge in [0, 0.05) is 17.7 Å². The minimum atomic E-state index is -0.693. The first-order valence-corrected chi connectivity index (χ1v) is 6.49. The van der Waals surface area contributed by atoms with Gasteiger partial charge < -0.3 is 5.11 Å². The number of amides is 1. The number of hydrogen-bond acceptors (Lipinski definition) is 5. The lowest BCUT2D eigenvalue weighted by Gasteiger charge is -2.01. The summed E-state index contributed by atoms with van der Waals surface area (Å²) < 4.78 is 13.5. The number of benzene rings is 2. The van der Waals surface area contributed by atoms with E-state index in [2.05, 4.69) is 10.5 Å². The predicted molar refractivity (Wildman–Crippen MR) is 80.6 cm³/mol. The van der Waals surface area contributed by atoms with E-state index in [1.165, 1.54) is 12.1 Å². The molecule has 1 amide bonds. The van der Waals surface area contributed by atoms with Gasteiger partial charge in [0.05, 0.1) is 17.6 Å². The molecule has 0 aliphatic carbocycles. The molecule has 0 atom stereocenters. The molecular formula is C15H12FN3O4. The molecule has 0 aliphatic heterocycles. The van der Waals surface area contributed by atoms with E-state index in [0.717, 1.165) is 24.4 Å². The first kappa shape index (κ1) is 16.1. The summed E-state index contributed by atoms with van der Waals surface area (Å²) in [6, 6.07) is 9.17. The monoisotopic (exact) mass is 317 g/mol. The van der Waals surface area contributed by atoms with Gasteiger partial charge in [-0.2, -0.15) is 5.10 Å². The molecule has 23 heavy (non-hydrogen) atoms. The highest BCUT2D eigenvalue weighted by atomic mass is 19.1. The van der Waals surface area contributed by atoms with E-state index in [-0.39, 0.29) is 23.4 Å². The Morgan fingerprint density at radius 2 is 2.13 bits per heavy atom. The Bertz CT molecular complexity index is 777. The summed E-state index contributed by atoms with van der Waals surface area (Å²) in [5, 5.41) is 23.5. The topological polar surface area (TPSA) is 105 Å². The first-order chi connectivity index (χ1) is 11.0. The number of carbonyl (C=O) groups is 1. The Labute approximate surface area is 130 Å². The van der Waals surface area contributed by atoms with Crippen molar-refractivity contribution in [3.05, 3.63) is 69.5 Å². The fourth-order valence-electron chi connectivity index (χ4n) is 1.81. The summed E-state index contributed by atoms with van der Waals surface area (Å²) in [4.78, 5) is 21.6. The van der Waals surface area contributed by atoms with Crippen LogP contribution in [0.1, 0.15) is 11.1 Å². The smallest absolute Gasteiger partial charge is 0.270 e. The zero-order valence-electron chi connectivity index (χ0n) is 11.8. The fourth-order valence-corrected chi connectivity index (χ4v) is 1.81. The van der Waals surface area contributed by atoms with Crippen molar-refractivity contribution in [2.24, 2.45) is 5.10 Å². The van der Waals surface area contributed by atoms with Gasteiger partial charge in [0.1, 0.15) is 11.6 Å². The van der Waals surface area contributed by atoms with Crippen LogP contribution in [0, 0.1) is 15.9 Å². The molecule has 2 N–H and O–H groups in total. The highest BCUT2D eigenvalue weighted by Crippen LogP contribution is 2.15. The zero-order valence-corrected chi connectivity index (χ0v) is 11.8. The Hall–Kier alpha value is -3.29. The molecule has 118 valence electrons. The summed E-state index contributed by atoms with van der Waals surface area (Å²) in [5.74, 6) is -1.13. The van der Waals surface area contributed by atoms with Crippen LogP contribution in [0.2, 0.25) is 0 Å². The van der Waals surface area contributed by atoms with Crippen LogP contribution < -0.4 is 5.43 Å². The van der Waals surface area contributed by atoms with Crippen LogP contribution in [0.15, 0.2) is 47.6 Å². The van der Waals surface area contributed by atoms with E-state index in [0.29, 0.717) is 5.56 Å². The minimum Gasteiger partial charge on any atom is -0.508 e. The Kier molecular flexibility index (Phi) is 4.98. The van der Waals surface area contributed by atoms with Crippen molar-refractivity contribution in [2.75, 3.05) is 0 Å². The second-order valence-corrected chi connectivity index (χ2v) is 4.60. The Balaban J connectivity index is 2.00. The maximum Gasteiger partial charge on any atom is 0.270 e. The van der Waals surface area contributed by atoms with Gasteiger partial charge in [0.25, 0.3) is 5.69 Å². The summed E-state index contributed by atoms with van der Waals surface area (Å²) >= 11 is 0. The fraction of sp³-hybridized carbons (Fsp3) is 0.0667. The van der Waals surface area contributed by atoms with Crippen molar-refractivity contribution in [2.45, 2.75) is 6.42 Å². The number of halogens is 1. The molecule has 0 saturated heterocycles. The number of aromatic hydroxyl groups is 1. The number of nitrogens with zero attached hydrogens (tertiary/aromatic N) is 2. The highest BCUT2D eigenvalue weighted by molar-refractivity contribution is 5.84. The van der Waals surface area contributed by atoms with Crippen LogP contribution in [-0.4, -0.2) is 22.2 Å². The average molecular weight is 317 g/mol. The van der Waals surface area contributed by atoms with Crippen LogP contribution >= 0.6 is 0 Å². The zero-order chi connectivity index (χ0) is 16.8. The molecule has 0 spiro atoms. The summed E-state index contributed by atoms with van der Waals surface area (Å²) in [7, 11) is 0. The quantitative estimate of drug-likeness (QED) is 0.500. The normalized spacial score (nSPS) is 10.7. The standard InChI is InChI=1S/C15H12FN3O4/c16-14-5-4-12(19(22)23)8-11(14)9-17-18-15(21)7-10-2-1-3-13(20)6-10/h1-6,8-9,20H,7H2,(H,18,21)/b17-9+. The molecular weight excluding hydrogens is 305 g/mol. The average Bonchev–Trinajstić information content (AvgIpc) is 2.49. The summed E-state index contributed by atoms with van der Waals surface area (Å²) in [5.41, 5.74) is 2.38. The maximum absolute atomic E-state index is 13.5. The van der Waals surface area contributed by atoms with Gasteiger partial charge in [-0.25, -0.2) is 9.82 Å². The number of nitro groups is 1. The van der Waals surface area contributed by atoms with E-state index < -0.39 is 16.6 Å². The number of hydrogen-bond donors (Lipinski definition) is 2. The summed E-state index contributed by atoms with van der Waals surface area (Å²) in [6.07, 6.45) is 0.964. The molecule has 2 aromatic carbocycles. The third-order valence-corrected chi connectivity index (χ3v) is 2.86. The number of non-ortho nitro benzene ring substituents is 1. The number of rotatable bonds is 5. The van der Waals surface area contributed by atoms with Crippen LogP contribution in [0.5, 0.6) is 5.75 Å². The molecule has 0 unspecified atom stereocenters. The third-order valence-electron chi connectivity index (χ3n) is 2.86. The van der Waals surface area contributed by atoms with Gasteiger partial charge in [0.2, 0.25) is 5.91 Å². The second kappa shape index (κ2) is 7.12. The maximum atomic E-state index is 13.5. The number of carbonyl (C=O) groups excluding carboxylic acids is 1. The van der Waals surface area contributed by atoms with Gasteiger partial charge in [-0.15, -0.1) is 0 Å². The Morgan fingerprint density at radius 3 is 2.83 bits per heavy atom. The van der Waals surface area contributed by atoms with E-state index in [4.69, 9.17) is 0 Å². The number of nitro benzene ring substituents is 1. The largest absolute Gasteiger partial charge is 0.508 e. The number of phenolic OH excluding ortho intramolecular Hbond substituents is 1. The lowest BCUT2D eigenvalue weighted by Crippen LogP contribution is -2.19. The lowest BCUT2D eigenvalue weighted by atomic mass is 10.1. The summed E-state index contributed by atoms with van der Waals surface area (Å²) in [6.45, 7) is 0. The van der Waals surface area contributed by atoms with Crippen LogP contribution in [0.3, 0.4) is 0 Å². The number of hydrazone groups is 1. The van der Waals surface area contributed by atoms with Crippen LogP contribution in [-0.2, 0) is 11.2 Å². The molecule has 0 radical (unpaired) electrons. The van der Waals surface area contributed by atoms with Gasteiger partial charge >= 0.3 is 0 Å². The number of phenols is 1. The van der Waals surface area contributed by atoms with Crippen molar-refractivity contribution < 1.29 is 19.2 Å². The molecule has 2 aromatic rings. The van der Waals surface area contributed by atoms with Crippen molar-refractivity contribution in [3.63, 3.8) is 0 Å². The molecule has 0 heterocycles. The molecule has 0 aliphatic rings. The van der Waals surface area contributed by atoms with Gasteiger partial charge in [-0.05, 0) is 23.8 Å². The second-order valence-electron chi connectivity index (χ2n) is 4.60. The number of nitrogens with one attached hydrogen (secondary N) is 1. The van der Waals surface area contributed by atoms with Gasteiger partial charge in [-0.1, -0.05) is 12.1 Å². The molecule has 0 saturated carbocycles. The first-order valence-electron chi connectivity index (χ1n) is 6.49. The van der Waals surface area contributed by atoms with E-state index >= 15 is 0 Å². The van der Waals surface area contributed by atoms with Crippen molar-refractivity contribution in [3.8, 4) is 5.75 Å². The van der Waals surface area contributed by atoms with Gasteiger partial charge in [-0.3, -0.25) is 14.9 Å². The van der Waals surface area contributed by atoms with Crippen LogP contribution in [0.4, 0.5) is 10.1 Å². The van der Waals surface area contributed by atoms with E-state index in [1.54, 1.807) is 12.1 Å². The predicted octanol–water partition coefficient (Wildman–Crippen LogP) is 2.13. The SMILES string of the molecule is O=C(Cc1cccc(O)c1)N/N=C/c1cc([N+](=O)[O-])ccc1F. The Morgan fingerprint density at radius 1 is 1.35 bits per heavy atom. The van der Waals surface area contributed by atoms with E-state index in [9.17, 15) is 24.4 Å². The lowest BCUT2D eigenvalue weighted by molar-refractivity contribution is -0.384. The molecule has 0 fully saturated rings. The highest BCUT2D eigenvalue weighted by Gasteiger charge is 2.09. The molecule has 8 heteroatoms. The molecule has 7 nitrogen and oxygen atoms in total.